The fraction of sp³-hybridized carbons (Fsp3) is 0.519. The minimum Gasteiger partial charge on any atom is -0.307 e. The minimum atomic E-state index is -3.74. The zero-order valence-electron chi connectivity index (χ0n) is 21.2. The van der Waals surface area contributed by atoms with Gasteiger partial charge >= 0.3 is 0 Å². The van der Waals surface area contributed by atoms with Gasteiger partial charge in [0.15, 0.2) is 0 Å². The number of anilines is 2. The second kappa shape index (κ2) is 10.0. The third-order valence-electron chi connectivity index (χ3n) is 8.00. The van der Waals surface area contributed by atoms with Crippen LogP contribution in [0.3, 0.4) is 0 Å². The molecule has 1 aliphatic heterocycles. The molecule has 5 rings (SSSR count). The van der Waals surface area contributed by atoms with E-state index in [0.717, 1.165) is 81.7 Å². The van der Waals surface area contributed by atoms with Crippen LogP contribution >= 0.6 is 0 Å². The Morgan fingerprint density at radius 1 is 0.919 bits per heavy atom. The van der Waals surface area contributed by atoms with Gasteiger partial charge in [-0.3, -0.25) is 9.52 Å². The predicted octanol–water partition coefficient (Wildman–Crippen LogP) is 4.53. The third kappa shape index (κ3) is 5.56. The Kier molecular flexibility index (Phi) is 7.10. The van der Waals surface area contributed by atoms with Crippen molar-refractivity contribution in [2.45, 2.75) is 80.6 Å². The Balaban J connectivity index is 1.45. The second-order valence-corrected chi connectivity index (χ2v) is 14.3. The van der Waals surface area contributed by atoms with Gasteiger partial charge in [-0.2, -0.15) is 0 Å². The van der Waals surface area contributed by atoms with Crippen molar-refractivity contribution in [3.63, 3.8) is 0 Å². The molecule has 0 aromatic heterocycles. The van der Waals surface area contributed by atoms with Crippen molar-refractivity contribution in [1.29, 1.82) is 0 Å². The van der Waals surface area contributed by atoms with Crippen LogP contribution in [0.4, 0.5) is 11.4 Å². The van der Waals surface area contributed by atoms with E-state index in [1.807, 2.05) is 6.07 Å². The first-order chi connectivity index (χ1) is 17.6. The monoisotopic (exact) mass is 545 g/mol. The second-order valence-electron chi connectivity index (χ2n) is 10.8. The van der Waals surface area contributed by atoms with Crippen LogP contribution in [0.1, 0.15) is 80.1 Å². The van der Waals surface area contributed by atoms with Crippen LogP contribution in [-0.4, -0.2) is 41.6 Å². The molecule has 0 bridgehead atoms. The zero-order chi connectivity index (χ0) is 26.3. The maximum atomic E-state index is 13.8. The largest absolute Gasteiger partial charge is 0.307 e. The smallest absolute Gasteiger partial charge is 0.258 e. The molecule has 37 heavy (non-hydrogen) atoms. The molecule has 2 aromatic rings. The number of nitrogens with one attached hydrogen (secondary N) is 2. The quantitative estimate of drug-likeness (QED) is 0.554. The van der Waals surface area contributed by atoms with E-state index < -0.39 is 20.0 Å². The molecule has 0 unspecified atom stereocenters. The lowest BCUT2D eigenvalue weighted by molar-refractivity contribution is 0.0982. The molecule has 10 heteroatoms. The van der Waals surface area contributed by atoms with Gasteiger partial charge in [0.1, 0.15) is 0 Å². The number of hydrogen-bond acceptors (Lipinski definition) is 5. The molecule has 1 spiro atoms. The van der Waals surface area contributed by atoms with Gasteiger partial charge in [0.25, 0.3) is 5.91 Å². The molecular formula is C27H35N3O5S2. The summed E-state index contributed by atoms with van der Waals surface area (Å²) in [5.74, 6) is -0.248. The van der Waals surface area contributed by atoms with Crippen LogP contribution in [-0.2, 0) is 25.5 Å². The van der Waals surface area contributed by atoms with Crippen LogP contribution in [0.15, 0.2) is 47.4 Å². The van der Waals surface area contributed by atoms with E-state index in [1.165, 1.54) is 12.1 Å². The number of fused-ring (bicyclic) bond motifs is 2. The summed E-state index contributed by atoms with van der Waals surface area (Å²) in [6.45, 7) is 0.501. The number of hydrogen-bond donors (Lipinski definition) is 2. The zero-order valence-corrected chi connectivity index (χ0v) is 22.8. The number of sulfonamides is 2. The van der Waals surface area contributed by atoms with Gasteiger partial charge in [0, 0.05) is 34.9 Å². The first-order valence-corrected chi connectivity index (χ1v) is 16.5. The van der Waals surface area contributed by atoms with E-state index in [0.29, 0.717) is 17.8 Å². The first-order valence-electron chi connectivity index (χ1n) is 13.1. The molecule has 2 N–H and O–H groups in total. The molecule has 0 atom stereocenters. The van der Waals surface area contributed by atoms with Crippen LogP contribution in [0, 0.1) is 0 Å². The number of nitrogens with zero attached hydrogens (tertiary/aromatic N) is 1. The Morgan fingerprint density at radius 3 is 2.32 bits per heavy atom. The van der Waals surface area contributed by atoms with Gasteiger partial charge in [-0.05, 0) is 67.6 Å². The maximum absolute atomic E-state index is 13.8. The number of benzene rings is 2. The van der Waals surface area contributed by atoms with Crippen LogP contribution in [0.2, 0.25) is 0 Å². The minimum absolute atomic E-state index is 0.0653. The SMILES string of the molecule is CS(=O)(=O)Nc1ccc2c(c1)C1(CCCCC1)CN2C(=O)c1cccc(S(=O)(=O)NC2CCCCC2)c1. The van der Waals surface area contributed by atoms with Crippen molar-refractivity contribution in [2.24, 2.45) is 0 Å². The lowest BCUT2D eigenvalue weighted by Gasteiger charge is -2.34. The van der Waals surface area contributed by atoms with Crippen LogP contribution in [0.25, 0.3) is 0 Å². The van der Waals surface area contributed by atoms with Gasteiger partial charge in [0.05, 0.1) is 11.2 Å². The molecule has 3 aliphatic rings. The van der Waals surface area contributed by atoms with Gasteiger partial charge in [0.2, 0.25) is 20.0 Å². The summed E-state index contributed by atoms with van der Waals surface area (Å²) in [6, 6.07) is 11.6. The summed E-state index contributed by atoms with van der Waals surface area (Å²) in [7, 11) is -7.17. The summed E-state index contributed by atoms with van der Waals surface area (Å²) in [6.07, 6.45) is 11.0. The molecule has 2 saturated carbocycles. The summed E-state index contributed by atoms with van der Waals surface area (Å²) < 4.78 is 55.2. The van der Waals surface area contributed by atoms with Crippen molar-refractivity contribution in [1.82, 2.24) is 4.72 Å². The maximum Gasteiger partial charge on any atom is 0.258 e. The Morgan fingerprint density at radius 2 is 1.62 bits per heavy atom. The highest BCUT2D eigenvalue weighted by Crippen LogP contribution is 2.50. The number of amides is 1. The molecule has 8 nitrogen and oxygen atoms in total. The molecule has 1 heterocycles. The fourth-order valence-electron chi connectivity index (χ4n) is 6.24. The summed E-state index contributed by atoms with van der Waals surface area (Å²) in [5.41, 5.74) is 2.33. The summed E-state index contributed by atoms with van der Waals surface area (Å²) in [5, 5.41) is 0. The molecule has 2 fully saturated rings. The topological polar surface area (TPSA) is 113 Å². The van der Waals surface area contributed by atoms with Crippen molar-refractivity contribution >= 4 is 37.3 Å². The summed E-state index contributed by atoms with van der Waals surface area (Å²) >= 11 is 0. The highest BCUT2D eigenvalue weighted by molar-refractivity contribution is 7.92. The molecule has 2 aromatic carbocycles. The molecular weight excluding hydrogens is 510 g/mol. The molecule has 200 valence electrons. The summed E-state index contributed by atoms with van der Waals surface area (Å²) in [4.78, 5) is 15.7. The number of carbonyl (C=O) groups excluding carboxylic acids is 1. The van der Waals surface area contributed by atoms with Gasteiger partial charge < -0.3 is 4.90 Å². The van der Waals surface area contributed by atoms with E-state index >= 15 is 0 Å². The lowest BCUT2D eigenvalue weighted by atomic mass is 9.70. The van der Waals surface area contributed by atoms with E-state index in [1.54, 1.807) is 29.2 Å². The van der Waals surface area contributed by atoms with Crippen LogP contribution in [0.5, 0.6) is 0 Å². The molecule has 2 aliphatic carbocycles. The Bertz CT molecular complexity index is 1390. The fourth-order valence-corrected chi connectivity index (χ4v) is 8.15. The van der Waals surface area contributed by atoms with Crippen molar-refractivity contribution in [2.75, 3.05) is 22.4 Å². The van der Waals surface area contributed by atoms with Gasteiger partial charge in [-0.25, -0.2) is 21.6 Å². The van der Waals surface area contributed by atoms with E-state index in [4.69, 9.17) is 0 Å². The Labute approximate surface area is 219 Å². The van der Waals surface area contributed by atoms with E-state index in [9.17, 15) is 21.6 Å². The highest BCUT2D eigenvalue weighted by atomic mass is 32.2. The Hall–Kier alpha value is -2.43. The van der Waals surface area contributed by atoms with E-state index in [-0.39, 0.29) is 22.3 Å². The average molecular weight is 546 g/mol. The normalized spacial score (nSPS) is 20.1. The molecule has 1 amide bonds. The number of rotatable bonds is 6. The van der Waals surface area contributed by atoms with Gasteiger partial charge in [-0.1, -0.05) is 44.6 Å². The van der Waals surface area contributed by atoms with Crippen molar-refractivity contribution < 1.29 is 21.6 Å². The third-order valence-corrected chi connectivity index (χ3v) is 10.1. The molecule has 0 saturated heterocycles. The van der Waals surface area contributed by atoms with Crippen molar-refractivity contribution in [3.05, 3.63) is 53.6 Å². The van der Waals surface area contributed by atoms with E-state index in [2.05, 4.69) is 9.44 Å². The lowest BCUT2D eigenvalue weighted by Crippen LogP contribution is -2.38. The van der Waals surface area contributed by atoms with Gasteiger partial charge in [-0.15, -0.1) is 0 Å². The number of carbonyl (C=O) groups is 1. The standard InChI is InChI=1S/C27H35N3O5S2/c1-36(32,33)28-22-13-14-25-24(18-22)27(15-6-3-7-16-27)19-30(25)26(31)20-9-8-12-23(17-20)37(34,35)29-21-10-4-2-5-11-21/h8-9,12-14,17-18,21,28-29H,2-7,10-11,15-16,19H2,1H3. The first kappa shape index (κ1) is 26.2. The van der Waals surface area contributed by atoms with Crippen molar-refractivity contribution in [3.8, 4) is 0 Å². The highest BCUT2D eigenvalue weighted by Gasteiger charge is 2.45. The molecule has 0 radical (unpaired) electrons. The van der Waals surface area contributed by atoms with Crippen LogP contribution < -0.4 is 14.3 Å². The average Bonchev–Trinajstić information content (AvgIpc) is 3.16. The predicted molar refractivity (Wildman–Crippen MR) is 145 cm³/mol.